The SMILES string of the molecule is CC1CCC(O)(CNc2cccc(N)c2)CC1. The lowest BCUT2D eigenvalue weighted by Crippen LogP contribution is -2.40. The molecule has 0 saturated heterocycles. The highest BCUT2D eigenvalue weighted by molar-refractivity contribution is 5.54. The average molecular weight is 234 g/mol. The van der Waals surface area contributed by atoms with Gasteiger partial charge in [0.1, 0.15) is 0 Å². The fourth-order valence-corrected chi connectivity index (χ4v) is 2.39. The first kappa shape index (κ1) is 12.2. The zero-order valence-corrected chi connectivity index (χ0v) is 10.4. The molecule has 0 radical (unpaired) electrons. The molecule has 17 heavy (non-hydrogen) atoms. The third kappa shape index (κ3) is 3.37. The van der Waals surface area contributed by atoms with Crippen molar-refractivity contribution in [2.45, 2.75) is 38.2 Å². The van der Waals surface area contributed by atoms with E-state index in [2.05, 4.69) is 12.2 Å². The smallest absolute Gasteiger partial charge is 0.0819 e. The van der Waals surface area contributed by atoms with Crippen LogP contribution in [-0.4, -0.2) is 17.3 Å². The van der Waals surface area contributed by atoms with Gasteiger partial charge < -0.3 is 16.2 Å². The Kier molecular flexibility index (Phi) is 3.57. The van der Waals surface area contributed by atoms with Crippen LogP contribution < -0.4 is 11.1 Å². The van der Waals surface area contributed by atoms with Crippen LogP contribution in [0, 0.1) is 5.92 Å². The molecular weight excluding hydrogens is 212 g/mol. The van der Waals surface area contributed by atoms with E-state index in [-0.39, 0.29) is 0 Å². The molecule has 0 unspecified atom stereocenters. The van der Waals surface area contributed by atoms with Gasteiger partial charge >= 0.3 is 0 Å². The minimum absolute atomic E-state index is 0.545. The van der Waals surface area contributed by atoms with Crippen LogP contribution in [0.1, 0.15) is 32.6 Å². The topological polar surface area (TPSA) is 58.3 Å². The van der Waals surface area contributed by atoms with Crippen molar-refractivity contribution < 1.29 is 5.11 Å². The number of aliphatic hydroxyl groups is 1. The van der Waals surface area contributed by atoms with Crippen molar-refractivity contribution in [3.63, 3.8) is 0 Å². The quantitative estimate of drug-likeness (QED) is 0.705. The Morgan fingerprint density at radius 1 is 1.41 bits per heavy atom. The Balaban J connectivity index is 1.89. The van der Waals surface area contributed by atoms with Crippen LogP contribution in [0.5, 0.6) is 0 Å². The molecule has 1 saturated carbocycles. The fraction of sp³-hybridized carbons (Fsp3) is 0.571. The van der Waals surface area contributed by atoms with Crippen LogP contribution in [0.15, 0.2) is 24.3 Å². The minimum atomic E-state index is -0.545. The van der Waals surface area contributed by atoms with Gasteiger partial charge in [-0.25, -0.2) is 0 Å². The third-order valence-corrected chi connectivity index (χ3v) is 3.71. The van der Waals surface area contributed by atoms with E-state index in [9.17, 15) is 5.11 Å². The normalized spacial score (nSPS) is 28.9. The third-order valence-electron chi connectivity index (χ3n) is 3.71. The van der Waals surface area contributed by atoms with Crippen LogP contribution >= 0.6 is 0 Å². The molecule has 2 rings (SSSR count). The number of nitrogens with two attached hydrogens (primary N) is 1. The lowest BCUT2D eigenvalue weighted by atomic mass is 9.79. The molecule has 94 valence electrons. The largest absolute Gasteiger partial charge is 0.399 e. The summed E-state index contributed by atoms with van der Waals surface area (Å²) in [7, 11) is 0. The molecule has 1 aliphatic carbocycles. The van der Waals surface area contributed by atoms with Gasteiger partial charge in [0.05, 0.1) is 5.60 Å². The van der Waals surface area contributed by atoms with E-state index in [4.69, 9.17) is 5.73 Å². The Morgan fingerprint density at radius 3 is 2.76 bits per heavy atom. The first-order chi connectivity index (χ1) is 8.07. The van der Waals surface area contributed by atoms with Crippen LogP contribution in [0.3, 0.4) is 0 Å². The average Bonchev–Trinajstić information content (AvgIpc) is 2.31. The summed E-state index contributed by atoms with van der Waals surface area (Å²) in [6.45, 7) is 2.87. The van der Waals surface area contributed by atoms with Crippen molar-refractivity contribution in [2.75, 3.05) is 17.6 Å². The molecule has 0 atom stereocenters. The lowest BCUT2D eigenvalue weighted by Gasteiger charge is -2.35. The van der Waals surface area contributed by atoms with Gasteiger partial charge in [-0.2, -0.15) is 0 Å². The fourth-order valence-electron chi connectivity index (χ4n) is 2.39. The highest BCUT2D eigenvalue weighted by Crippen LogP contribution is 2.32. The van der Waals surface area contributed by atoms with Crippen LogP contribution in [-0.2, 0) is 0 Å². The lowest BCUT2D eigenvalue weighted by molar-refractivity contribution is 0.00501. The molecule has 0 aliphatic heterocycles. The summed E-state index contributed by atoms with van der Waals surface area (Å²) in [5, 5.41) is 13.7. The minimum Gasteiger partial charge on any atom is -0.399 e. The van der Waals surface area contributed by atoms with E-state index < -0.39 is 5.60 Å². The number of hydrogen-bond donors (Lipinski definition) is 3. The van der Waals surface area contributed by atoms with Crippen LogP contribution in [0.4, 0.5) is 11.4 Å². The maximum absolute atomic E-state index is 10.4. The van der Waals surface area contributed by atoms with Crippen molar-refractivity contribution in [3.05, 3.63) is 24.3 Å². The van der Waals surface area contributed by atoms with E-state index in [0.29, 0.717) is 6.54 Å². The molecular formula is C14H22N2O. The zero-order chi connectivity index (χ0) is 12.3. The molecule has 3 heteroatoms. The summed E-state index contributed by atoms with van der Waals surface area (Å²) >= 11 is 0. The number of hydrogen-bond acceptors (Lipinski definition) is 3. The maximum Gasteiger partial charge on any atom is 0.0819 e. The van der Waals surface area contributed by atoms with Crippen molar-refractivity contribution >= 4 is 11.4 Å². The number of anilines is 2. The van der Waals surface area contributed by atoms with Gasteiger partial charge in [-0.1, -0.05) is 13.0 Å². The molecule has 0 bridgehead atoms. The summed E-state index contributed by atoms with van der Waals surface area (Å²) in [6.07, 6.45) is 4.02. The van der Waals surface area contributed by atoms with Gasteiger partial charge in [0.15, 0.2) is 0 Å². The summed E-state index contributed by atoms with van der Waals surface area (Å²) in [6, 6.07) is 7.66. The monoisotopic (exact) mass is 234 g/mol. The van der Waals surface area contributed by atoms with Gasteiger partial charge in [0.25, 0.3) is 0 Å². The highest BCUT2D eigenvalue weighted by atomic mass is 16.3. The van der Waals surface area contributed by atoms with Crippen molar-refractivity contribution in [3.8, 4) is 0 Å². The maximum atomic E-state index is 10.4. The Morgan fingerprint density at radius 2 is 2.12 bits per heavy atom. The second-order valence-corrected chi connectivity index (χ2v) is 5.39. The van der Waals surface area contributed by atoms with Gasteiger partial charge in [0, 0.05) is 17.9 Å². The van der Waals surface area contributed by atoms with Gasteiger partial charge in [-0.3, -0.25) is 0 Å². The van der Waals surface area contributed by atoms with Crippen molar-refractivity contribution in [2.24, 2.45) is 5.92 Å². The molecule has 1 fully saturated rings. The molecule has 0 aromatic heterocycles. The zero-order valence-electron chi connectivity index (χ0n) is 10.4. The molecule has 0 amide bonds. The summed E-state index contributed by atoms with van der Waals surface area (Å²) in [5.41, 5.74) is 6.90. The second-order valence-electron chi connectivity index (χ2n) is 5.39. The predicted molar refractivity (Wildman–Crippen MR) is 71.9 cm³/mol. The number of nitrogen functional groups attached to an aromatic ring is 1. The van der Waals surface area contributed by atoms with E-state index in [1.807, 2.05) is 24.3 Å². The number of nitrogens with one attached hydrogen (secondary N) is 1. The van der Waals surface area contributed by atoms with E-state index in [0.717, 1.165) is 43.0 Å². The standard InChI is InChI=1S/C14H22N2O/c1-11-5-7-14(17,8-6-11)10-16-13-4-2-3-12(15)9-13/h2-4,9,11,16-17H,5-8,10,15H2,1H3. The Labute approximate surface area is 103 Å². The van der Waals surface area contributed by atoms with E-state index in [1.54, 1.807) is 0 Å². The van der Waals surface area contributed by atoms with E-state index in [1.165, 1.54) is 0 Å². The van der Waals surface area contributed by atoms with Gasteiger partial charge in [0.2, 0.25) is 0 Å². The van der Waals surface area contributed by atoms with Crippen molar-refractivity contribution in [1.29, 1.82) is 0 Å². The molecule has 4 N–H and O–H groups in total. The van der Waals surface area contributed by atoms with E-state index >= 15 is 0 Å². The van der Waals surface area contributed by atoms with Crippen molar-refractivity contribution in [1.82, 2.24) is 0 Å². The number of rotatable bonds is 3. The Hall–Kier alpha value is -1.22. The first-order valence-electron chi connectivity index (χ1n) is 6.39. The highest BCUT2D eigenvalue weighted by Gasteiger charge is 2.31. The molecule has 1 aliphatic rings. The van der Waals surface area contributed by atoms with Crippen LogP contribution in [0.25, 0.3) is 0 Å². The molecule has 3 nitrogen and oxygen atoms in total. The van der Waals surface area contributed by atoms with Gasteiger partial charge in [-0.05, 0) is 49.8 Å². The summed E-state index contributed by atoms with van der Waals surface area (Å²) in [5.74, 6) is 0.752. The number of benzene rings is 1. The van der Waals surface area contributed by atoms with Gasteiger partial charge in [-0.15, -0.1) is 0 Å². The Bertz CT molecular complexity index is 370. The molecule has 0 heterocycles. The summed E-state index contributed by atoms with van der Waals surface area (Å²) < 4.78 is 0. The molecule has 1 aromatic rings. The molecule has 1 aromatic carbocycles. The second kappa shape index (κ2) is 4.96. The summed E-state index contributed by atoms with van der Waals surface area (Å²) in [4.78, 5) is 0. The first-order valence-corrected chi connectivity index (χ1v) is 6.39. The predicted octanol–water partition coefficient (Wildman–Crippen LogP) is 2.62. The molecule has 0 spiro atoms. The van der Waals surface area contributed by atoms with Crippen LogP contribution in [0.2, 0.25) is 0 Å².